The van der Waals surface area contributed by atoms with Crippen molar-refractivity contribution in [2.75, 3.05) is 31.7 Å². The highest BCUT2D eigenvalue weighted by Crippen LogP contribution is 2.10. The Balaban J connectivity index is 2.64. The van der Waals surface area contributed by atoms with Crippen molar-refractivity contribution in [3.8, 4) is 0 Å². The maximum atomic E-state index is 7.35. The molecule has 0 bridgehead atoms. The average Bonchev–Trinajstić information content (AvgIpc) is 2.29. The van der Waals surface area contributed by atoms with Crippen molar-refractivity contribution in [2.45, 2.75) is 6.92 Å². The molecule has 0 atom stereocenters. The standard InChI is InChI=1S/C11H18N4O/c1-3-16-7-6-15(2)10-8-9(11(12)13)4-5-14-10/h4-5,8H,3,6-7H2,1-2H3,(H3,12,13). The number of rotatable bonds is 6. The van der Waals surface area contributed by atoms with Crippen LogP contribution in [0.3, 0.4) is 0 Å². The number of nitrogens with one attached hydrogen (secondary N) is 1. The largest absolute Gasteiger partial charge is 0.384 e. The van der Waals surface area contributed by atoms with E-state index < -0.39 is 0 Å². The van der Waals surface area contributed by atoms with Crippen LogP contribution in [-0.4, -0.2) is 37.6 Å². The second-order valence-corrected chi connectivity index (χ2v) is 3.43. The molecule has 0 amide bonds. The van der Waals surface area contributed by atoms with Gasteiger partial charge in [0.1, 0.15) is 11.7 Å². The van der Waals surface area contributed by atoms with Crippen molar-refractivity contribution in [3.05, 3.63) is 23.9 Å². The quantitative estimate of drug-likeness (QED) is 0.425. The monoisotopic (exact) mass is 222 g/mol. The van der Waals surface area contributed by atoms with Crippen molar-refractivity contribution in [1.29, 1.82) is 5.41 Å². The second kappa shape index (κ2) is 6.07. The molecule has 0 spiro atoms. The first-order valence-corrected chi connectivity index (χ1v) is 5.24. The molecule has 16 heavy (non-hydrogen) atoms. The van der Waals surface area contributed by atoms with Crippen LogP contribution in [0.15, 0.2) is 18.3 Å². The van der Waals surface area contributed by atoms with E-state index in [1.54, 1.807) is 18.3 Å². The van der Waals surface area contributed by atoms with E-state index in [1.807, 2.05) is 18.9 Å². The summed E-state index contributed by atoms with van der Waals surface area (Å²) < 4.78 is 5.27. The van der Waals surface area contributed by atoms with Gasteiger partial charge in [-0.05, 0) is 19.1 Å². The summed E-state index contributed by atoms with van der Waals surface area (Å²) >= 11 is 0. The first kappa shape index (κ1) is 12.4. The maximum absolute atomic E-state index is 7.35. The first-order valence-electron chi connectivity index (χ1n) is 5.24. The third kappa shape index (κ3) is 3.51. The van der Waals surface area contributed by atoms with Gasteiger partial charge in [0, 0.05) is 32.0 Å². The highest BCUT2D eigenvalue weighted by atomic mass is 16.5. The Morgan fingerprint density at radius 2 is 2.38 bits per heavy atom. The SMILES string of the molecule is CCOCCN(C)c1cc(C(=N)N)ccn1. The van der Waals surface area contributed by atoms with Gasteiger partial charge in [-0.1, -0.05) is 0 Å². The zero-order valence-corrected chi connectivity index (χ0v) is 9.73. The minimum Gasteiger partial charge on any atom is -0.384 e. The van der Waals surface area contributed by atoms with Gasteiger partial charge in [0.15, 0.2) is 0 Å². The summed E-state index contributed by atoms with van der Waals surface area (Å²) in [7, 11) is 1.94. The molecule has 1 aromatic rings. The molecular formula is C11H18N4O. The molecular weight excluding hydrogens is 204 g/mol. The van der Waals surface area contributed by atoms with Crippen LogP contribution >= 0.6 is 0 Å². The first-order chi connectivity index (χ1) is 7.65. The molecule has 1 aromatic heterocycles. The molecule has 5 heteroatoms. The highest BCUT2D eigenvalue weighted by Gasteiger charge is 2.04. The summed E-state index contributed by atoms with van der Waals surface area (Å²) in [6.45, 7) is 4.12. The molecule has 0 radical (unpaired) electrons. The fraction of sp³-hybridized carbons (Fsp3) is 0.455. The molecule has 1 heterocycles. The number of hydrogen-bond acceptors (Lipinski definition) is 4. The average molecular weight is 222 g/mol. The van der Waals surface area contributed by atoms with Crippen LogP contribution in [0.25, 0.3) is 0 Å². The predicted molar refractivity (Wildman–Crippen MR) is 65.0 cm³/mol. The Morgan fingerprint density at radius 1 is 1.62 bits per heavy atom. The summed E-state index contributed by atoms with van der Waals surface area (Å²) in [4.78, 5) is 6.19. The molecule has 0 saturated heterocycles. The smallest absolute Gasteiger partial charge is 0.129 e. The molecule has 0 aliphatic rings. The highest BCUT2D eigenvalue weighted by molar-refractivity contribution is 5.95. The molecule has 0 saturated carbocycles. The van der Waals surface area contributed by atoms with Gasteiger partial charge in [0.2, 0.25) is 0 Å². The second-order valence-electron chi connectivity index (χ2n) is 3.43. The van der Waals surface area contributed by atoms with Crippen LogP contribution in [-0.2, 0) is 4.74 Å². The molecule has 5 nitrogen and oxygen atoms in total. The van der Waals surface area contributed by atoms with Crippen molar-refractivity contribution in [2.24, 2.45) is 5.73 Å². The molecule has 3 N–H and O–H groups in total. The van der Waals surface area contributed by atoms with Crippen LogP contribution < -0.4 is 10.6 Å². The van der Waals surface area contributed by atoms with Gasteiger partial charge < -0.3 is 15.4 Å². The Labute approximate surface area is 95.7 Å². The Bertz CT molecular complexity index is 354. The lowest BCUT2D eigenvalue weighted by molar-refractivity contribution is 0.154. The third-order valence-corrected chi connectivity index (χ3v) is 2.22. The summed E-state index contributed by atoms with van der Waals surface area (Å²) in [5, 5.41) is 7.35. The molecule has 88 valence electrons. The third-order valence-electron chi connectivity index (χ3n) is 2.22. The maximum Gasteiger partial charge on any atom is 0.129 e. The lowest BCUT2D eigenvalue weighted by atomic mass is 10.2. The molecule has 1 rings (SSSR count). The summed E-state index contributed by atoms with van der Waals surface area (Å²) in [5.74, 6) is 0.856. The summed E-state index contributed by atoms with van der Waals surface area (Å²) in [6.07, 6.45) is 1.66. The van der Waals surface area contributed by atoms with Gasteiger partial charge in [0.25, 0.3) is 0 Å². The fourth-order valence-corrected chi connectivity index (χ4v) is 1.26. The Hall–Kier alpha value is -1.62. The Morgan fingerprint density at radius 3 is 3.00 bits per heavy atom. The molecule has 0 aromatic carbocycles. The van der Waals surface area contributed by atoms with Gasteiger partial charge in [0.05, 0.1) is 6.61 Å². The number of aromatic nitrogens is 1. The van der Waals surface area contributed by atoms with Crippen LogP contribution in [0.2, 0.25) is 0 Å². The van der Waals surface area contributed by atoms with Crippen LogP contribution in [0.1, 0.15) is 12.5 Å². The van der Waals surface area contributed by atoms with Crippen molar-refractivity contribution < 1.29 is 4.74 Å². The van der Waals surface area contributed by atoms with E-state index in [1.165, 1.54) is 0 Å². The molecule has 0 aliphatic heterocycles. The van der Waals surface area contributed by atoms with Crippen molar-refractivity contribution >= 4 is 11.7 Å². The van der Waals surface area contributed by atoms with E-state index in [4.69, 9.17) is 15.9 Å². The topological polar surface area (TPSA) is 75.2 Å². The van der Waals surface area contributed by atoms with Gasteiger partial charge in [-0.25, -0.2) is 4.98 Å². The zero-order valence-electron chi connectivity index (χ0n) is 9.73. The van der Waals surface area contributed by atoms with Gasteiger partial charge >= 0.3 is 0 Å². The lowest BCUT2D eigenvalue weighted by Gasteiger charge is -2.18. The van der Waals surface area contributed by atoms with Gasteiger partial charge in [-0.3, -0.25) is 5.41 Å². The fourth-order valence-electron chi connectivity index (χ4n) is 1.26. The number of likely N-dealkylation sites (N-methyl/N-ethyl adjacent to an activating group) is 1. The number of amidine groups is 1. The van der Waals surface area contributed by atoms with E-state index in [-0.39, 0.29) is 5.84 Å². The summed E-state index contributed by atoms with van der Waals surface area (Å²) in [6, 6.07) is 3.52. The van der Waals surface area contributed by atoms with E-state index in [9.17, 15) is 0 Å². The number of ether oxygens (including phenoxy) is 1. The van der Waals surface area contributed by atoms with Gasteiger partial charge in [-0.15, -0.1) is 0 Å². The molecule has 0 aliphatic carbocycles. The van der Waals surface area contributed by atoms with Crippen LogP contribution in [0.5, 0.6) is 0 Å². The van der Waals surface area contributed by atoms with Crippen molar-refractivity contribution in [1.82, 2.24) is 4.98 Å². The normalized spacial score (nSPS) is 10.1. The van der Waals surface area contributed by atoms with E-state index >= 15 is 0 Å². The summed E-state index contributed by atoms with van der Waals surface area (Å²) in [5.41, 5.74) is 6.10. The number of nitrogens with two attached hydrogens (primary N) is 1. The number of nitrogens with zero attached hydrogens (tertiary/aromatic N) is 2. The lowest BCUT2D eigenvalue weighted by Crippen LogP contribution is -2.24. The van der Waals surface area contributed by atoms with E-state index in [0.29, 0.717) is 12.2 Å². The number of anilines is 1. The number of pyridine rings is 1. The minimum absolute atomic E-state index is 0.0573. The van der Waals surface area contributed by atoms with Crippen LogP contribution in [0.4, 0.5) is 5.82 Å². The van der Waals surface area contributed by atoms with E-state index in [0.717, 1.165) is 19.0 Å². The predicted octanol–water partition coefficient (Wildman–Crippen LogP) is 0.838. The molecule has 0 fully saturated rings. The van der Waals surface area contributed by atoms with E-state index in [2.05, 4.69) is 4.98 Å². The number of hydrogen-bond donors (Lipinski definition) is 2. The minimum atomic E-state index is 0.0573. The van der Waals surface area contributed by atoms with Gasteiger partial charge in [-0.2, -0.15) is 0 Å². The van der Waals surface area contributed by atoms with Crippen molar-refractivity contribution in [3.63, 3.8) is 0 Å². The zero-order chi connectivity index (χ0) is 12.0. The molecule has 0 unspecified atom stereocenters. The van der Waals surface area contributed by atoms with Crippen LogP contribution in [0, 0.1) is 5.41 Å². The number of nitrogen functional groups attached to an aromatic ring is 1. The Kier molecular flexibility index (Phi) is 4.72.